The molecule has 1 aromatic rings. The number of hydrogen-bond acceptors (Lipinski definition) is 3. The zero-order valence-corrected chi connectivity index (χ0v) is 11.7. The summed E-state index contributed by atoms with van der Waals surface area (Å²) < 4.78 is 5.22. The number of benzene rings is 1. The second-order valence-electron chi connectivity index (χ2n) is 5.57. The molecule has 1 saturated heterocycles. The van der Waals surface area contributed by atoms with Gasteiger partial charge in [0, 0.05) is 37.4 Å². The van der Waals surface area contributed by atoms with Crippen LogP contribution in [-0.4, -0.2) is 36.8 Å². The van der Waals surface area contributed by atoms with Gasteiger partial charge in [-0.25, -0.2) is 0 Å². The third kappa shape index (κ3) is 2.30. The number of ketones is 1. The SMILES string of the molecule is COc1ccc2c(c1)C(CC(=O)N1CCCC1)CC2=O. The molecule has 4 nitrogen and oxygen atoms in total. The zero-order chi connectivity index (χ0) is 14.1. The van der Waals surface area contributed by atoms with Crippen molar-refractivity contribution in [1.82, 2.24) is 4.90 Å². The first-order valence-electron chi connectivity index (χ1n) is 7.18. The van der Waals surface area contributed by atoms with Crippen LogP contribution in [-0.2, 0) is 4.79 Å². The lowest BCUT2D eigenvalue weighted by Crippen LogP contribution is -2.28. The van der Waals surface area contributed by atoms with E-state index in [0.29, 0.717) is 12.8 Å². The van der Waals surface area contributed by atoms with Crippen molar-refractivity contribution in [3.05, 3.63) is 29.3 Å². The molecule has 1 unspecified atom stereocenters. The molecule has 1 aromatic carbocycles. The predicted octanol–water partition coefficient (Wildman–Crippen LogP) is 2.38. The van der Waals surface area contributed by atoms with E-state index in [4.69, 9.17) is 4.74 Å². The van der Waals surface area contributed by atoms with E-state index in [9.17, 15) is 9.59 Å². The van der Waals surface area contributed by atoms with Gasteiger partial charge < -0.3 is 9.64 Å². The summed E-state index contributed by atoms with van der Waals surface area (Å²) in [5, 5.41) is 0. The highest BCUT2D eigenvalue weighted by Gasteiger charge is 2.32. The van der Waals surface area contributed by atoms with Gasteiger partial charge in [-0.15, -0.1) is 0 Å². The molecule has 20 heavy (non-hydrogen) atoms. The number of nitrogens with zero attached hydrogens (tertiary/aromatic N) is 1. The van der Waals surface area contributed by atoms with Gasteiger partial charge in [-0.1, -0.05) is 0 Å². The van der Waals surface area contributed by atoms with E-state index in [1.807, 2.05) is 17.0 Å². The minimum Gasteiger partial charge on any atom is -0.497 e. The minimum atomic E-state index is 0.0145. The van der Waals surface area contributed by atoms with Crippen molar-refractivity contribution in [2.24, 2.45) is 0 Å². The number of likely N-dealkylation sites (tertiary alicyclic amines) is 1. The number of carbonyl (C=O) groups is 2. The molecule has 1 aliphatic carbocycles. The van der Waals surface area contributed by atoms with Crippen LogP contribution in [0.4, 0.5) is 0 Å². The monoisotopic (exact) mass is 273 g/mol. The normalized spacial score (nSPS) is 21.1. The number of fused-ring (bicyclic) bond motifs is 1. The van der Waals surface area contributed by atoms with E-state index in [1.165, 1.54) is 0 Å². The summed E-state index contributed by atoms with van der Waals surface area (Å²) in [5.74, 6) is 1.08. The molecule has 0 bridgehead atoms. The summed E-state index contributed by atoms with van der Waals surface area (Å²) in [6.07, 6.45) is 3.08. The molecule has 1 amide bonds. The van der Waals surface area contributed by atoms with E-state index in [2.05, 4.69) is 0 Å². The number of Topliss-reactive ketones (excluding diaryl/α,β-unsaturated/α-hetero) is 1. The zero-order valence-electron chi connectivity index (χ0n) is 11.7. The molecular weight excluding hydrogens is 254 g/mol. The fourth-order valence-electron chi connectivity index (χ4n) is 3.19. The maximum absolute atomic E-state index is 12.3. The number of amides is 1. The molecular formula is C16H19NO3. The molecule has 3 rings (SSSR count). The van der Waals surface area contributed by atoms with Gasteiger partial charge >= 0.3 is 0 Å². The minimum absolute atomic E-state index is 0.0145. The maximum atomic E-state index is 12.3. The highest BCUT2D eigenvalue weighted by Crippen LogP contribution is 2.38. The molecule has 0 spiro atoms. The van der Waals surface area contributed by atoms with Crippen molar-refractivity contribution < 1.29 is 14.3 Å². The van der Waals surface area contributed by atoms with E-state index in [-0.39, 0.29) is 17.6 Å². The van der Waals surface area contributed by atoms with Crippen LogP contribution >= 0.6 is 0 Å². The van der Waals surface area contributed by atoms with Crippen molar-refractivity contribution in [3.63, 3.8) is 0 Å². The summed E-state index contributed by atoms with van der Waals surface area (Å²) in [6, 6.07) is 5.53. The molecule has 0 radical (unpaired) electrons. The predicted molar refractivity (Wildman–Crippen MR) is 75.1 cm³/mol. The number of ether oxygens (including phenoxy) is 1. The number of carbonyl (C=O) groups excluding carboxylic acids is 2. The molecule has 0 saturated carbocycles. The fourth-order valence-corrected chi connectivity index (χ4v) is 3.19. The van der Waals surface area contributed by atoms with Crippen LogP contribution in [0.3, 0.4) is 0 Å². The van der Waals surface area contributed by atoms with Crippen LogP contribution in [0.1, 0.15) is 47.5 Å². The van der Waals surface area contributed by atoms with E-state index in [0.717, 1.165) is 42.8 Å². The summed E-state index contributed by atoms with van der Waals surface area (Å²) in [6.45, 7) is 1.73. The summed E-state index contributed by atoms with van der Waals surface area (Å²) in [5.41, 5.74) is 1.73. The Morgan fingerprint density at radius 1 is 1.35 bits per heavy atom. The third-order valence-corrected chi connectivity index (χ3v) is 4.31. The van der Waals surface area contributed by atoms with Crippen LogP contribution in [0.2, 0.25) is 0 Å². The summed E-state index contributed by atoms with van der Waals surface area (Å²) in [7, 11) is 1.61. The molecule has 1 atom stereocenters. The first-order chi connectivity index (χ1) is 9.69. The Labute approximate surface area is 118 Å². The second-order valence-corrected chi connectivity index (χ2v) is 5.57. The first kappa shape index (κ1) is 13.2. The summed E-state index contributed by atoms with van der Waals surface area (Å²) in [4.78, 5) is 26.2. The Bertz CT molecular complexity index is 547. The molecule has 1 fully saturated rings. The van der Waals surface area contributed by atoms with Crippen LogP contribution in [0.25, 0.3) is 0 Å². The van der Waals surface area contributed by atoms with Crippen LogP contribution < -0.4 is 4.74 Å². The fraction of sp³-hybridized carbons (Fsp3) is 0.500. The van der Waals surface area contributed by atoms with Gasteiger partial charge in [-0.2, -0.15) is 0 Å². The molecule has 1 heterocycles. The maximum Gasteiger partial charge on any atom is 0.223 e. The number of hydrogen-bond donors (Lipinski definition) is 0. The van der Waals surface area contributed by atoms with Crippen molar-refractivity contribution in [2.75, 3.05) is 20.2 Å². The van der Waals surface area contributed by atoms with E-state index < -0.39 is 0 Å². The molecule has 1 aliphatic heterocycles. The Morgan fingerprint density at radius 2 is 2.10 bits per heavy atom. The molecule has 0 N–H and O–H groups in total. The second kappa shape index (κ2) is 5.27. The largest absolute Gasteiger partial charge is 0.497 e. The number of rotatable bonds is 3. The lowest BCUT2D eigenvalue weighted by molar-refractivity contribution is -0.130. The van der Waals surface area contributed by atoms with Gasteiger partial charge in [0.1, 0.15) is 5.75 Å². The lowest BCUT2D eigenvalue weighted by Gasteiger charge is -2.18. The topological polar surface area (TPSA) is 46.6 Å². The van der Waals surface area contributed by atoms with E-state index in [1.54, 1.807) is 13.2 Å². The van der Waals surface area contributed by atoms with Crippen molar-refractivity contribution in [1.29, 1.82) is 0 Å². The van der Waals surface area contributed by atoms with Crippen molar-refractivity contribution >= 4 is 11.7 Å². The third-order valence-electron chi connectivity index (χ3n) is 4.31. The van der Waals surface area contributed by atoms with Crippen molar-refractivity contribution in [2.45, 2.75) is 31.6 Å². The molecule has 0 aromatic heterocycles. The van der Waals surface area contributed by atoms with Gasteiger partial charge in [0.25, 0.3) is 0 Å². The Kier molecular flexibility index (Phi) is 3.47. The number of methoxy groups -OCH3 is 1. The van der Waals surface area contributed by atoms with E-state index >= 15 is 0 Å². The quantitative estimate of drug-likeness (QED) is 0.849. The molecule has 4 heteroatoms. The van der Waals surface area contributed by atoms with Gasteiger partial charge in [0.15, 0.2) is 5.78 Å². The Balaban J connectivity index is 1.79. The van der Waals surface area contributed by atoms with Gasteiger partial charge in [-0.05, 0) is 36.6 Å². The van der Waals surface area contributed by atoms with Crippen molar-refractivity contribution in [3.8, 4) is 5.75 Å². The van der Waals surface area contributed by atoms with Crippen LogP contribution in [0, 0.1) is 0 Å². The molecule has 2 aliphatic rings. The Hall–Kier alpha value is -1.84. The summed E-state index contributed by atoms with van der Waals surface area (Å²) >= 11 is 0. The lowest BCUT2D eigenvalue weighted by atomic mass is 9.97. The standard InChI is InChI=1S/C16H19NO3/c1-20-12-4-5-13-14(10-12)11(8-15(13)18)9-16(19)17-6-2-3-7-17/h4-5,10-11H,2-3,6-9H2,1H3. The van der Waals surface area contributed by atoms with Crippen LogP contribution in [0.15, 0.2) is 18.2 Å². The Morgan fingerprint density at radius 3 is 2.80 bits per heavy atom. The highest BCUT2D eigenvalue weighted by atomic mass is 16.5. The average Bonchev–Trinajstić information content (AvgIpc) is 3.08. The highest BCUT2D eigenvalue weighted by molar-refractivity contribution is 6.02. The molecule has 106 valence electrons. The van der Waals surface area contributed by atoms with Gasteiger partial charge in [-0.3, -0.25) is 9.59 Å². The van der Waals surface area contributed by atoms with Crippen LogP contribution in [0.5, 0.6) is 5.75 Å². The average molecular weight is 273 g/mol. The van der Waals surface area contributed by atoms with Gasteiger partial charge in [0.2, 0.25) is 5.91 Å². The smallest absolute Gasteiger partial charge is 0.223 e. The first-order valence-corrected chi connectivity index (χ1v) is 7.18. The van der Waals surface area contributed by atoms with Gasteiger partial charge in [0.05, 0.1) is 7.11 Å².